The zero-order valence-electron chi connectivity index (χ0n) is 9.07. The van der Waals surface area contributed by atoms with Gasteiger partial charge in [-0.3, -0.25) is 0 Å². The van der Waals surface area contributed by atoms with Gasteiger partial charge in [0, 0.05) is 17.2 Å². The Morgan fingerprint density at radius 1 is 1.12 bits per heavy atom. The van der Waals surface area contributed by atoms with Gasteiger partial charge in [0.15, 0.2) is 0 Å². The minimum Gasteiger partial charge on any atom is -0.126 e. The molecule has 0 amide bonds. The molecule has 0 aromatic heterocycles. The molecular weight excluding hydrogens is 286 g/mol. The standard InChI is InChI=1S/C12H14Cl4/c1-2-12(7-13,8-14)6-9-4-3-5-10(15)11(9)16/h3-5H,2,6-8H2,1H3. The molecule has 0 radical (unpaired) electrons. The second kappa shape index (κ2) is 6.35. The molecule has 16 heavy (non-hydrogen) atoms. The first-order valence-electron chi connectivity index (χ1n) is 5.13. The first-order valence-corrected chi connectivity index (χ1v) is 6.96. The van der Waals surface area contributed by atoms with Crippen LogP contribution in [0.3, 0.4) is 0 Å². The lowest BCUT2D eigenvalue weighted by molar-refractivity contribution is 0.362. The Kier molecular flexibility index (Phi) is 5.73. The first kappa shape index (κ1) is 14.4. The molecule has 4 heteroatoms. The topological polar surface area (TPSA) is 0 Å². The van der Waals surface area contributed by atoms with E-state index < -0.39 is 0 Å². The average Bonchev–Trinajstić information content (AvgIpc) is 2.32. The summed E-state index contributed by atoms with van der Waals surface area (Å²) in [7, 11) is 0. The number of hydrogen-bond donors (Lipinski definition) is 0. The van der Waals surface area contributed by atoms with Crippen LogP contribution in [0.25, 0.3) is 0 Å². The van der Waals surface area contributed by atoms with Crippen LogP contribution in [0.5, 0.6) is 0 Å². The Balaban J connectivity index is 2.98. The van der Waals surface area contributed by atoms with Crippen LogP contribution in [0.4, 0.5) is 0 Å². The summed E-state index contributed by atoms with van der Waals surface area (Å²) in [5, 5.41) is 1.19. The van der Waals surface area contributed by atoms with E-state index in [4.69, 9.17) is 46.4 Å². The third-order valence-electron chi connectivity index (χ3n) is 2.91. The average molecular weight is 300 g/mol. The van der Waals surface area contributed by atoms with Crippen LogP contribution in [0, 0.1) is 5.41 Å². The zero-order chi connectivity index (χ0) is 12.2. The highest BCUT2D eigenvalue weighted by Crippen LogP contribution is 2.35. The van der Waals surface area contributed by atoms with Crippen molar-refractivity contribution in [3.63, 3.8) is 0 Å². The van der Waals surface area contributed by atoms with Crippen LogP contribution in [0.15, 0.2) is 18.2 Å². The Bertz CT molecular complexity index is 337. The van der Waals surface area contributed by atoms with Crippen molar-refractivity contribution in [1.82, 2.24) is 0 Å². The predicted octanol–water partition coefficient (Wildman–Crippen LogP) is 5.41. The van der Waals surface area contributed by atoms with E-state index in [0.717, 1.165) is 18.4 Å². The van der Waals surface area contributed by atoms with Gasteiger partial charge in [0.2, 0.25) is 0 Å². The zero-order valence-corrected chi connectivity index (χ0v) is 12.1. The molecule has 0 atom stereocenters. The molecule has 0 unspecified atom stereocenters. The van der Waals surface area contributed by atoms with Gasteiger partial charge in [0.25, 0.3) is 0 Å². The smallest absolute Gasteiger partial charge is 0.0624 e. The van der Waals surface area contributed by atoms with E-state index in [2.05, 4.69) is 6.92 Å². The van der Waals surface area contributed by atoms with Crippen LogP contribution in [0.2, 0.25) is 10.0 Å². The van der Waals surface area contributed by atoms with E-state index in [9.17, 15) is 0 Å². The molecule has 0 fully saturated rings. The Morgan fingerprint density at radius 3 is 2.25 bits per heavy atom. The van der Waals surface area contributed by atoms with Crippen molar-refractivity contribution in [1.29, 1.82) is 0 Å². The highest BCUT2D eigenvalue weighted by Gasteiger charge is 2.27. The van der Waals surface area contributed by atoms with Crippen LogP contribution in [-0.4, -0.2) is 11.8 Å². The molecule has 0 spiro atoms. The van der Waals surface area contributed by atoms with E-state index in [1.165, 1.54) is 0 Å². The lowest BCUT2D eigenvalue weighted by Gasteiger charge is -2.28. The van der Waals surface area contributed by atoms with E-state index in [-0.39, 0.29) is 5.41 Å². The summed E-state index contributed by atoms with van der Waals surface area (Å²) >= 11 is 24.1. The summed E-state index contributed by atoms with van der Waals surface area (Å²) in [5.41, 5.74) is 0.912. The van der Waals surface area contributed by atoms with Gasteiger partial charge < -0.3 is 0 Å². The maximum atomic E-state index is 6.15. The van der Waals surface area contributed by atoms with Gasteiger partial charge in [-0.2, -0.15) is 0 Å². The van der Waals surface area contributed by atoms with Crippen molar-refractivity contribution in [3.05, 3.63) is 33.8 Å². The van der Waals surface area contributed by atoms with Crippen molar-refractivity contribution >= 4 is 46.4 Å². The molecule has 0 nitrogen and oxygen atoms in total. The van der Waals surface area contributed by atoms with Crippen LogP contribution < -0.4 is 0 Å². The fourth-order valence-corrected chi connectivity index (χ4v) is 2.77. The van der Waals surface area contributed by atoms with Gasteiger partial charge in [-0.15, -0.1) is 23.2 Å². The van der Waals surface area contributed by atoms with E-state index >= 15 is 0 Å². The quantitative estimate of drug-likeness (QED) is 0.638. The molecule has 1 rings (SSSR count). The molecule has 0 aliphatic carbocycles. The summed E-state index contributed by atoms with van der Waals surface area (Å²) in [6.07, 6.45) is 1.68. The fraction of sp³-hybridized carbons (Fsp3) is 0.500. The molecule has 0 N–H and O–H groups in total. The summed E-state index contributed by atoms with van der Waals surface area (Å²) in [6.45, 7) is 2.09. The van der Waals surface area contributed by atoms with E-state index in [1.54, 1.807) is 6.07 Å². The summed E-state index contributed by atoms with van der Waals surface area (Å²) < 4.78 is 0. The van der Waals surface area contributed by atoms with Crippen LogP contribution >= 0.6 is 46.4 Å². The SMILES string of the molecule is CCC(CCl)(CCl)Cc1cccc(Cl)c1Cl. The number of rotatable bonds is 5. The number of alkyl halides is 2. The number of halogens is 4. The highest BCUT2D eigenvalue weighted by atomic mass is 35.5. The van der Waals surface area contributed by atoms with E-state index in [0.29, 0.717) is 21.8 Å². The second-order valence-corrected chi connectivity index (χ2v) is 5.33. The van der Waals surface area contributed by atoms with Crippen molar-refractivity contribution in [2.75, 3.05) is 11.8 Å². The van der Waals surface area contributed by atoms with Gasteiger partial charge in [-0.25, -0.2) is 0 Å². The summed E-state index contributed by atoms with van der Waals surface area (Å²) in [6, 6.07) is 5.65. The Labute approximate surface area is 117 Å². The molecule has 1 aromatic carbocycles. The largest absolute Gasteiger partial charge is 0.126 e. The third-order valence-corrected chi connectivity index (χ3v) is 4.91. The van der Waals surface area contributed by atoms with Crippen molar-refractivity contribution in [2.24, 2.45) is 5.41 Å². The van der Waals surface area contributed by atoms with Gasteiger partial charge in [-0.05, 0) is 24.5 Å². The van der Waals surface area contributed by atoms with Crippen molar-refractivity contribution in [3.8, 4) is 0 Å². The highest BCUT2D eigenvalue weighted by molar-refractivity contribution is 6.42. The molecule has 90 valence electrons. The molecule has 1 aromatic rings. The molecule has 0 heterocycles. The molecule has 0 saturated carbocycles. The lowest BCUT2D eigenvalue weighted by atomic mass is 9.83. The molecular formula is C12H14Cl4. The monoisotopic (exact) mass is 298 g/mol. The van der Waals surface area contributed by atoms with Crippen molar-refractivity contribution < 1.29 is 0 Å². The minimum atomic E-state index is -0.0998. The first-order chi connectivity index (χ1) is 7.58. The molecule has 0 saturated heterocycles. The minimum absolute atomic E-state index is 0.0998. The Morgan fingerprint density at radius 2 is 1.75 bits per heavy atom. The van der Waals surface area contributed by atoms with Gasteiger partial charge in [0.05, 0.1) is 10.0 Å². The lowest BCUT2D eigenvalue weighted by Crippen LogP contribution is -2.27. The van der Waals surface area contributed by atoms with Gasteiger partial charge in [-0.1, -0.05) is 42.3 Å². The molecule has 0 bridgehead atoms. The molecule has 0 aliphatic heterocycles. The fourth-order valence-electron chi connectivity index (χ4n) is 1.53. The third kappa shape index (κ3) is 3.20. The summed E-state index contributed by atoms with van der Waals surface area (Å²) in [5.74, 6) is 1.05. The summed E-state index contributed by atoms with van der Waals surface area (Å²) in [4.78, 5) is 0. The van der Waals surface area contributed by atoms with Gasteiger partial charge in [0.1, 0.15) is 0 Å². The van der Waals surface area contributed by atoms with Crippen LogP contribution in [0.1, 0.15) is 18.9 Å². The van der Waals surface area contributed by atoms with E-state index in [1.807, 2.05) is 12.1 Å². The predicted molar refractivity (Wildman–Crippen MR) is 74.3 cm³/mol. The maximum Gasteiger partial charge on any atom is 0.0624 e. The second-order valence-electron chi connectivity index (χ2n) is 4.01. The Hall–Kier alpha value is 0.380. The van der Waals surface area contributed by atoms with Gasteiger partial charge >= 0.3 is 0 Å². The normalized spacial score (nSPS) is 11.8. The van der Waals surface area contributed by atoms with Crippen molar-refractivity contribution in [2.45, 2.75) is 19.8 Å². The number of benzene rings is 1. The van der Waals surface area contributed by atoms with Crippen LogP contribution in [-0.2, 0) is 6.42 Å². The number of hydrogen-bond acceptors (Lipinski definition) is 0. The maximum absolute atomic E-state index is 6.15. The molecule has 0 aliphatic rings.